The molecular formula is C11H11F4NO. The fraction of sp³-hybridized carbons (Fsp3) is 0.455. The standard InChI is InChI=1S/C11H11F4NO/c12-7-3-1-6(2-4-7)8-9(11(13,14)15)10(8,16)5-17/h1-4,8-9,17H,5,16H2/t8-,9-,10-/m1/s1. The maximum atomic E-state index is 12.7. The van der Waals surface area contributed by atoms with Crippen molar-refractivity contribution in [1.82, 2.24) is 0 Å². The molecule has 1 aliphatic carbocycles. The summed E-state index contributed by atoms with van der Waals surface area (Å²) < 4.78 is 50.7. The van der Waals surface area contributed by atoms with E-state index in [9.17, 15) is 17.6 Å². The largest absolute Gasteiger partial charge is 0.394 e. The Morgan fingerprint density at radius 3 is 2.12 bits per heavy atom. The van der Waals surface area contributed by atoms with Gasteiger partial charge in [-0.2, -0.15) is 13.2 Å². The SMILES string of the molecule is N[C@]1(CO)[C@H](c2ccc(F)cc2)[C@H]1C(F)(F)F. The Morgan fingerprint density at radius 2 is 1.76 bits per heavy atom. The highest BCUT2D eigenvalue weighted by Crippen LogP contribution is 2.62. The van der Waals surface area contributed by atoms with Gasteiger partial charge in [-0.1, -0.05) is 12.1 Å². The number of hydrogen-bond donors (Lipinski definition) is 2. The van der Waals surface area contributed by atoms with E-state index < -0.39 is 36.0 Å². The molecule has 2 nitrogen and oxygen atoms in total. The molecule has 0 amide bonds. The van der Waals surface area contributed by atoms with Crippen LogP contribution in [0.15, 0.2) is 24.3 Å². The van der Waals surface area contributed by atoms with Crippen LogP contribution in [0, 0.1) is 11.7 Å². The van der Waals surface area contributed by atoms with Crippen LogP contribution >= 0.6 is 0 Å². The summed E-state index contributed by atoms with van der Waals surface area (Å²) in [4.78, 5) is 0. The zero-order chi connectivity index (χ0) is 12.8. The van der Waals surface area contributed by atoms with E-state index in [1.165, 1.54) is 12.1 Å². The van der Waals surface area contributed by atoms with E-state index in [-0.39, 0.29) is 0 Å². The molecule has 17 heavy (non-hydrogen) atoms. The third-order valence-corrected chi connectivity index (χ3v) is 3.24. The topological polar surface area (TPSA) is 46.2 Å². The predicted molar refractivity (Wildman–Crippen MR) is 52.7 cm³/mol. The molecule has 1 aromatic carbocycles. The van der Waals surface area contributed by atoms with E-state index in [0.29, 0.717) is 5.56 Å². The Bertz CT molecular complexity index is 416. The molecule has 94 valence electrons. The molecule has 0 heterocycles. The van der Waals surface area contributed by atoms with Gasteiger partial charge in [-0.05, 0) is 17.7 Å². The van der Waals surface area contributed by atoms with Gasteiger partial charge in [0.15, 0.2) is 0 Å². The molecule has 0 aromatic heterocycles. The second-order valence-electron chi connectivity index (χ2n) is 4.32. The van der Waals surface area contributed by atoms with Crippen LogP contribution in [0.3, 0.4) is 0 Å². The number of halogens is 4. The number of rotatable bonds is 2. The minimum atomic E-state index is -4.46. The lowest BCUT2D eigenvalue weighted by atomic mass is 10.1. The van der Waals surface area contributed by atoms with Crippen molar-refractivity contribution in [1.29, 1.82) is 0 Å². The van der Waals surface area contributed by atoms with Gasteiger partial charge in [0.05, 0.1) is 18.1 Å². The second-order valence-corrected chi connectivity index (χ2v) is 4.32. The van der Waals surface area contributed by atoms with Crippen molar-refractivity contribution in [2.24, 2.45) is 11.7 Å². The molecule has 1 aromatic rings. The molecule has 0 saturated heterocycles. The molecular weight excluding hydrogens is 238 g/mol. The molecule has 0 spiro atoms. The van der Waals surface area contributed by atoms with Crippen molar-refractivity contribution in [2.75, 3.05) is 6.61 Å². The van der Waals surface area contributed by atoms with Crippen LogP contribution in [0.1, 0.15) is 11.5 Å². The number of aliphatic hydroxyl groups excluding tert-OH is 1. The number of benzene rings is 1. The number of hydrogen-bond acceptors (Lipinski definition) is 2. The van der Waals surface area contributed by atoms with Crippen molar-refractivity contribution in [3.63, 3.8) is 0 Å². The van der Waals surface area contributed by atoms with E-state index in [1.54, 1.807) is 0 Å². The molecule has 1 fully saturated rings. The summed E-state index contributed by atoms with van der Waals surface area (Å²) in [6.45, 7) is -0.751. The van der Waals surface area contributed by atoms with Crippen LogP contribution < -0.4 is 5.73 Å². The molecule has 0 bridgehead atoms. The minimum absolute atomic E-state index is 0.297. The molecule has 2 rings (SSSR count). The molecule has 3 N–H and O–H groups in total. The van der Waals surface area contributed by atoms with Crippen LogP contribution in [0.4, 0.5) is 17.6 Å². The first-order valence-corrected chi connectivity index (χ1v) is 5.02. The normalized spacial score (nSPS) is 32.6. The van der Waals surface area contributed by atoms with E-state index in [1.807, 2.05) is 0 Å². The first kappa shape index (κ1) is 12.3. The Kier molecular flexibility index (Phi) is 2.67. The highest BCUT2D eigenvalue weighted by Gasteiger charge is 2.73. The van der Waals surface area contributed by atoms with Crippen molar-refractivity contribution in [3.05, 3.63) is 35.6 Å². The third kappa shape index (κ3) is 1.91. The quantitative estimate of drug-likeness (QED) is 0.785. The summed E-state index contributed by atoms with van der Waals surface area (Å²) in [7, 11) is 0. The van der Waals surface area contributed by atoms with Crippen molar-refractivity contribution < 1.29 is 22.7 Å². The van der Waals surface area contributed by atoms with Gasteiger partial charge in [0, 0.05) is 5.92 Å². The van der Waals surface area contributed by atoms with Crippen molar-refractivity contribution in [2.45, 2.75) is 17.6 Å². The first-order chi connectivity index (χ1) is 7.80. The Balaban J connectivity index is 2.31. The minimum Gasteiger partial charge on any atom is -0.394 e. The maximum absolute atomic E-state index is 12.7. The summed E-state index contributed by atoms with van der Waals surface area (Å²) in [5.41, 5.74) is 4.14. The van der Waals surface area contributed by atoms with E-state index in [4.69, 9.17) is 10.8 Å². The smallest absolute Gasteiger partial charge is 0.394 e. The predicted octanol–water partition coefficient (Wildman–Crippen LogP) is 1.79. The lowest BCUT2D eigenvalue weighted by Gasteiger charge is -2.09. The number of alkyl halides is 3. The molecule has 1 saturated carbocycles. The molecule has 0 unspecified atom stereocenters. The van der Waals surface area contributed by atoms with Crippen LogP contribution in [0.2, 0.25) is 0 Å². The zero-order valence-electron chi connectivity index (χ0n) is 8.71. The van der Waals surface area contributed by atoms with Gasteiger partial charge >= 0.3 is 6.18 Å². The van der Waals surface area contributed by atoms with Gasteiger partial charge in [0.1, 0.15) is 5.82 Å². The van der Waals surface area contributed by atoms with Gasteiger partial charge in [-0.15, -0.1) is 0 Å². The van der Waals surface area contributed by atoms with Gasteiger partial charge in [-0.25, -0.2) is 4.39 Å². The van der Waals surface area contributed by atoms with Crippen molar-refractivity contribution in [3.8, 4) is 0 Å². The monoisotopic (exact) mass is 249 g/mol. The first-order valence-electron chi connectivity index (χ1n) is 5.02. The summed E-state index contributed by atoms with van der Waals surface area (Å²) >= 11 is 0. The Morgan fingerprint density at radius 1 is 1.24 bits per heavy atom. The van der Waals surface area contributed by atoms with Crippen LogP contribution in [-0.4, -0.2) is 23.4 Å². The molecule has 6 heteroatoms. The summed E-state index contributed by atoms with van der Waals surface area (Å²) in [6, 6.07) is 4.70. The van der Waals surface area contributed by atoms with Crippen LogP contribution in [0.25, 0.3) is 0 Å². The number of nitrogens with two attached hydrogens (primary N) is 1. The number of aliphatic hydroxyl groups is 1. The van der Waals surface area contributed by atoms with E-state index >= 15 is 0 Å². The third-order valence-electron chi connectivity index (χ3n) is 3.24. The van der Waals surface area contributed by atoms with Crippen LogP contribution in [-0.2, 0) is 0 Å². The highest BCUT2D eigenvalue weighted by atomic mass is 19.4. The van der Waals surface area contributed by atoms with Gasteiger partial charge in [-0.3, -0.25) is 0 Å². The fourth-order valence-electron chi connectivity index (χ4n) is 2.32. The zero-order valence-corrected chi connectivity index (χ0v) is 8.71. The Labute approximate surface area is 95.0 Å². The van der Waals surface area contributed by atoms with E-state index in [2.05, 4.69) is 0 Å². The fourth-order valence-corrected chi connectivity index (χ4v) is 2.32. The van der Waals surface area contributed by atoms with Crippen LogP contribution in [0.5, 0.6) is 0 Å². The average molecular weight is 249 g/mol. The summed E-state index contributed by atoms with van der Waals surface area (Å²) in [5.74, 6) is -3.30. The average Bonchev–Trinajstić information content (AvgIpc) is 2.87. The van der Waals surface area contributed by atoms with Gasteiger partial charge in [0.2, 0.25) is 0 Å². The second kappa shape index (κ2) is 3.68. The lowest BCUT2D eigenvalue weighted by Crippen LogP contribution is -2.34. The van der Waals surface area contributed by atoms with Gasteiger partial charge < -0.3 is 10.8 Å². The lowest BCUT2D eigenvalue weighted by molar-refractivity contribution is -0.154. The van der Waals surface area contributed by atoms with Crippen molar-refractivity contribution >= 4 is 0 Å². The van der Waals surface area contributed by atoms with E-state index in [0.717, 1.165) is 12.1 Å². The molecule has 1 aliphatic rings. The maximum Gasteiger partial charge on any atom is 0.394 e. The molecule has 0 aliphatic heterocycles. The molecule has 0 radical (unpaired) electrons. The molecule has 3 atom stereocenters. The highest BCUT2D eigenvalue weighted by molar-refractivity contribution is 5.38. The Hall–Kier alpha value is -1.14. The summed E-state index contributed by atoms with van der Waals surface area (Å²) in [5, 5.41) is 8.99. The summed E-state index contributed by atoms with van der Waals surface area (Å²) in [6.07, 6.45) is -4.46. The van der Waals surface area contributed by atoms with Gasteiger partial charge in [0.25, 0.3) is 0 Å².